The van der Waals surface area contributed by atoms with Crippen LogP contribution < -0.4 is 10.2 Å². The summed E-state index contributed by atoms with van der Waals surface area (Å²) in [5.74, 6) is -2.34. The van der Waals surface area contributed by atoms with Crippen molar-refractivity contribution < 1.29 is 18.4 Å². The number of nitrogens with zero attached hydrogens (tertiary/aromatic N) is 3. The lowest BCUT2D eigenvalue weighted by Gasteiger charge is -2.18. The molecule has 0 spiro atoms. The smallest absolute Gasteiger partial charge is 0.325 e. The van der Waals surface area contributed by atoms with Crippen molar-refractivity contribution in [1.82, 2.24) is 9.88 Å². The number of nitrogens with one attached hydrogen (secondary N) is 1. The van der Waals surface area contributed by atoms with Crippen LogP contribution in [0.25, 0.3) is 11.3 Å². The highest BCUT2D eigenvalue weighted by Crippen LogP contribution is 2.25. The highest BCUT2D eigenvalue weighted by molar-refractivity contribution is 7.09. The van der Waals surface area contributed by atoms with E-state index in [9.17, 15) is 18.4 Å². The van der Waals surface area contributed by atoms with E-state index in [-0.39, 0.29) is 24.7 Å². The van der Waals surface area contributed by atoms with Crippen molar-refractivity contribution >= 4 is 34.6 Å². The Hall–Kier alpha value is -3.33. The van der Waals surface area contributed by atoms with Gasteiger partial charge in [-0.3, -0.25) is 9.69 Å². The number of hydrogen-bond acceptors (Lipinski definition) is 4. The molecule has 30 heavy (non-hydrogen) atoms. The molecular weight excluding hydrogens is 410 g/mol. The van der Waals surface area contributed by atoms with Gasteiger partial charge < -0.3 is 10.2 Å². The lowest BCUT2D eigenvalue weighted by molar-refractivity contribution is -0.116. The fourth-order valence-electron chi connectivity index (χ4n) is 3.25. The van der Waals surface area contributed by atoms with Crippen LogP contribution in [0.4, 0.5) is 25.0 Å². The summed E-state index contributed by atoms with van der Waals surface area (Å²) in [6, 6.07) is 10.2. The fraction of sp³-hybridized carbons (Fsp3) is 0.190. The summed E-state index contributed by atoms with van der Waals surface area (Å²) in [6.07, 6.45) is 0. The van der Waals surface area contributed by atoms with E-state index in [1.54, 1.807) is 17.4 Å². The zero-order valence-corrected chi connectivity index (χ0v) is 16.9. The Kier molecular flexibility index (Phi) is 5.45. The summed E-state index contributed by atoms with van der Waals surface area (Å²) in [7, 11) is 0. The number of rotatable bonds is 5. The first-order valence-corrected chi connectivity index (χ1v) is 10.1. The Morgan fingerprint density at radius 3 is 2.73 bits per heavy atom. The Bertz CT molecular complexity index is 1120. The number of benzene rings is 2. The second-order valence-electron chi connectivity index (χ2n) is 6.83. The van der Waals surface area contributed by atoms with Gasteiger partial charge in [-0.05, 0) is 31.2 Å². The molecule has 154 valence electrons. The van der Waals surface area contributed by atoms with E-state index in [0.717, 1.165) is 28.4 Å². The highest BCUT2D eigenvalue weighted by atomic mass is 32.1. The van der Waals surface area contributed by atoms with Crippen molar-refractivity contribution in [2.75, 3.05) is 29.9 Å². The van der Waals surface area contributed by atoms with Crippen molar-refractivity contribution in [3.8, 4) is 11.3 Å². The van der Waals surface area contributed by atoms with Gasteiger partial charge in [0.05, 0.1) is 10.7 Å². The van der Waals surface area contributed by atoms with Crippen LogP contribution in [0.3, 0.4) is 0 Å². The molecule has 0 saturated carbocycles. The SMILES string of the molecule is Cc1nc(-c2cccc(NC(=O)CN3CCN(c4ccc(F)c(F)c4)C3=O)c2)cs1. The van der Waals surface area contributed by atoms with Gasteiger partial charge in [0, 0.05) is 41.5 Å². The number of aryl methyl sites for hydroxylation is 1. The third-order valence-electron chi connectivity index (χ3n) is 4.71. The molecule has 1 aliphatic heterocycles. The zero-order valence-electron chi connectivity index (χ0n) is 16.1. The molecule has 3 amide bonds. The molecule has 0 bridgehead atoms. The van der Waals surface area contributed by atoms with Crippen LogP contribution >= 0.6 is 11.3 Å². The number of carbonyl (C=O) groups excluding carboxylic acids is 2. The van der Waals surface area contributed by atoms with Crippen LogP contribution in [0.1, 0.15) is 5.01 Å². The standard InChI is InChI=1S/C21H18F2N4O2S/c1-13-24-19(12-30-13)14-3-2-4-15(9-14)25-20(28)11-26-7-8-27(21(26)29)16-5-6-17(22)18(23)10-16/h2-6,9-10,12H,7-8,11H2,1H3,(H,25,28). The van der Waals surface area contributed by atoms with Crippen molar-refractivity contribution in [2.24, 2.45) is 0 Å². The second kappa shape index (κ2) is 8.19. The van der Waals surface area contributed by atoms with Gasteiger partial charge in [-0.1, -0.05) is 12.1 Å². The van der Waals surface area contributed by atoms with Gasteiger partial charge in [-0.25, -0.2) is 18.6 Å². The largest absolute Gasteiger partial charge is 0.325 e. The molecule has 3 aromatic rings. The van der Waals surface area contributed by atoms with Crippen LogP contribution in [0, 0.1) is 18.6 Å². The monoisotopic (exact) mass is 428 g/mol. The second-order valence-corrected chi connectivity index (χ2v) is 7.90. The maximum absolute atomic E-state index is 13.5. The molecule has 6 nitrogen and oxygen atoms in total. The van der Waals surface area contributed by atoms with Crippen LogP contribution in [0.15, 0.2) is 47.8 Å². The topological polar surface area (TPSA) is 65.5 Å². The van der Waals surface area contributed by atoms with Gasteiger partial charge in [0.25, 0.3) is 0 Å². The Labute approximate surface area is 175 Å². The van der Waals surface area contributed by atoms with Crippen LogP contribution in [0.2, 0.25) is 0 Å². The minimum absolute atomic E-state index is 0.140. The van der Waals surface area contributed by atoms with Crippen molar-refractivity contribution in [2.45, 2.75) is 6.92 Å². The van der Waals surface area contributed by atoms with E-state index in [4.69, 9.17) is 0 Å². The molecule has 1 fully saturated rings. The fourth-order valence-corrected chi connectivity index (χ4v) is 3.87. The van der Waals surface area contributed by atoms with E-state index in [2.05, 4.69) is 10.3 Å². The molecule has 2 aromatic carbocycles. The zero-order chi connectivity index (χ0) is 21.3. The van der Waals surface area contributed by atoms with Gasteiger partial charge in [-0.15, -0.1) is 11.3 Å². The number of hydrogen-bond donors (Lipinski definition) is 1. The first kappa shape index (κ1) is 20.0. The molecule has 0 unspecified atom stereocenters. The molecule has 0 atom stereocenters. The van der Waals surface area contributed by atoms with Gasteiger partial charge in [-0.2, -0.15) is 0 Å². The number of thiazole rings is 1. The summed E-state index contributed by atoms with van der Waals surface area (Å²) in [4.78, 5) is 32.2. The first-order chi connectivity index (χ1) is 14.4. The highest BCUT2D eigenvalue weighted by Gasteiger charge is 2.31. The van der Waals surface area contributed by atoms with E-state index >= 15 is 0 Å². The molecular formula is C21H18F2N4O2S. The third kappa shape index (κ3) is 4.16. The Morgan fingerprint density at radius 2 is 2.00 bits per heavy atom. The van der Waals surface area contributed by atoms with E-state index < -0.39 is 17.7 Å². The van der Waals surface area contributed by atoms with Crippen LogP contribution in [-0.2, 0) is 4.79 Å². The molecule has 1 saturated heterocycles. The molecule has 1 aromatic heterocycles. The van der Waals surface area contributed by atoms with Crippen LogP contribution in [0.5, 0.6) is 0 Å². The Balaban J connectivity index is 1.40. The van der Waals surface area contributed by atoms with Gasteiger partial charge in [0.15, 0.2) is 11.6 Å². The predicted molar refractivity (Wildman–Crippen MR) is 112 cm³/mol. The van der Waals surface area contributed by atoms with Gasteiger partial charge >= 0.3 is 6.03 Å². The van der Waals surface area contributed by atoms with Crippen LogP contribution in [-0.4, -0.2) is 41.5 Å². The summed E-state index contributed by atoms with van der Waals surface area (Å²) < 4.78 is 26.6. The maximum Gasteiger partial charge on any atom is 0.325 e. The number of amides is 3. The molecule has 4 rings (SSSR count). The minimum atomic E-state index is -1.02. The summed E-state index contributed by atoms with van der Waals surface area (Å²) in [5, 5.41) is 5.70. The normalized spacial score (nSPS) is 13.8. The summed E-state index contributed by atoms with van der Waals surface area (Å²) in [6.45, 7) is 2.38. The molecule has 1 aliphatic rings. The molecule has 0 aliphatic carbocycles. The number of halogens is 2. The molecule has 1 N–H and O–H groups in total. The maximum atomic E-state index is 13.5. The lowest BCUT2D eigenvalue weighted by Crippen LogP contribution is -2.37. The first-order valence-electron chi connectivity index (χ1n) is 9.24. The summed E-state index contributed by atoms with van der Waals surface area (Å²) >= 11 is 1.55. The lowest BCUT2D eigenvalue weighted by atomic mass is 10.1. The third-order valence-corrected chi connectivity index (χ3v) is 5.48. The molecule has 0 radical (unpaired) electrons. The van der Waals surface area contributed by atoms with Gasteiger partial charge in [0.2, 0.25) is 5.91 Å². The summed E-state index contributed by atoms with van der Waals surface area (Å²) in [5.41, 5.74) is 2.59. The average Bonchev–Trinajstić information content (AvgIpc) is 3.30. The number of urea groups is 1. The van der Waals surface area contributed by atoms with Crippen molar-refractivity contribution in [1.29, 1.82) is 0 Å². The predicted octanol–water partition coefficient (Wildman–Crippen LogP) is 4.28. The van der Waals surface area contributed by atoms with E-state index in [1.807, 2.05) is 30.5 Å². The van der Waals surface area contributed by atoms with E-state index in [1.165, 1.54) is 15.9 Å². The number of carbonyl (C=O) groups is 2. The average molecular weight is 428 g/mol. The quantitative estimate of drug-likeness (QED) is 0.660. The van der Waals surface area contributed by atoms with Gasteiger partial charge in [0.1, 0.15) is 6.54 Å². The number of anilines is 2. The van der Waals surface area contributed by atoms with E-state index in [0.29, 0.717) is 12.2 Å². The molecule has 2 heterocycles. The Morgan fingerprint density at radius 1 is 1.17 bits per heavy atom. The van der Waals surface area contributed by atoms with Crippen molar-refractivity contribution in [3.63, 3.8) is 0 Å². The minimum Gasteiger partial charge on any atom is -0.325 e. The molecule has 9 heteroatoms. The van der Waals surface area contributed by atoms with Crippen molar-refractivity contribution in [3.05, 3.63) is 64.5 Å². The number of aromatic nitrogens is 1.